The first-order chi connectivity index (χ1) is 11.2. The molecule has 2 aromatic carbocycles. The Bertz CT molecular complexity index is 715. The van der Waals surface area contributed by atoms with Crippen molar-refractivity contribution >= 4 is 23.4 Å². The number of para-hydroxylation sites is 1. The molecular weight excluding hydrogens is 310 g/mol. The summed E-state index contributed by atoms with van der Waals surface area (Å²) in [6, 6.07) is 13.8. The van der Waals surface area contributed by atoms with Crippen LogP contribution in [0.1, 0.15) is 16.5 Å². The van der Waals surface area contributed by atoms with Gasteiger partial charge in [-0.2, -0.15) is 0 Å². The van der Waals surface area contributed by atoms with Gasteiger partial charge in [0.2, 0.25) is 5.91 Å². The number of aryl methyl sites for hydroxylation is 1. The second-order valence-electron chi connectivity index (χ2n) is 5.35. The zero-order valence-electron chi connectivity index (χ0n) is 13.4. The molecule has 120 valence electrons. The molecule has 0 spiro atoms. The number of ether oxygens (including phenoxy) is 2. The quantitative estimate of drug-likeness (QED) is 0.855. The predicted molar refractivity (Wildman–Crippen MR) is 93.4 cm³/mol. The van der Waals surface area contributed by atoms with E-state index in [0.717, 1.165) is 11.3 Å². The molecule has 1 aliphatic rings. The van der Waals surface area contributed by atoms with Crippen LogP contribution in [-0.2, 0) is 4.79 Å². The average Bonchev–Trinajstić information content (AvgIpc) is 2.96. The first kappa shape index (κ1) is 15.7. The van der Waals surface area contributed by atoms with E-state index in [1.165, 1.54) is 5.56 Å². The van der Waals surface area contributed by atoms with E-state index in [-0.39, 0.29) is 11.3 Å². The molecule has 0 unspecified atom stereocenters. The predicted octanol–water partition coefficient (Wildman–Crippen LogP) is 3.79. The highest BCUT2D eigenvalue weighted by Gasteiger charge is 2.36. The van der Waals surface area contributed by atoms with Gasteiger partial charge in [0, 0.05) is 11.3 Å². The summed E-state index contributed by atoms with van der Waals surface area (Å²) in [6.45, 7) is 2.03. The van der Waals surface area contributed by atoms with Gasteiger partial charge in [0.05, 0.1) is 20.0 Å². The monoisotopic (exact) mass is 329 g/mol. The van der Waals surface area contributed by atoms with Gasteiger partial charge in [0.25, 0.3) is 0 Å². The highest BCUT2D eigenvalue weighted by Crippen LogP contribution is 2.47. The fourth-order valence-electron chi connectivity index (χ4n) is 2.75. The molecule has 0 N–H and O–H groups in total. The van der Waals surface area contributed by atoms with Gasteiger partial charge in [-0.15, -0.1) is 11.8 Å². The number of nitrogens with zero attached hydrogens (tertiary/aromatic N) is 1. The van der Waals surface area contributed by atoms with E-state index in [0.29, 0.717) is 17.3 Å². The second kappa shape index (κ2) is 6.54. The van der Waals surface area contributed by atoms with Crippen LogP contribution in [0.25, 0.3) is 0 Å². The van der Waals surface area contributed by atoms with Crippen molar-refractivity contribution < 1.29 is 14.3 Å². The van der Waals surface area contributed by atoms with Crippen LogP contribution in [0.3, 0.4) is 0 Å². The summed E-state index contributed by atoms with van der Waals surface area (Å²) >= 11 is 1.60. The highest BCUT2D eigenvalue weighted by atomic mass is 32.2. The van der Waals surface area contributed by atoms with Gasteiger partial charge in [-0.25, -0.2) is 0 Å². The molecule has 0 aromatic heterocycles. The van der Waals surface area contributed by atoms with E-state index in [4.69, 9.17) is 9.47 Å². The Labute approximate surface area is 140 Å². The van der Waals surface area contributed by atoms with Crippen LogP contribution >= 0.6 is 11.8 Å². The molecule has 5 heteroatoms. The molecule has 0 saturated carbocycles. The molecule has 23 heavy (non-hydrogen) atoms. The molecule has 2 aromatic rings. The van der Waals surface area contributed by atoms with Gasteiger partial charge in [0.1, 0.15) is 5.37 Å². The molecule has 0 bridgehead atoms. The average molecular weight is 329 g/mol. The van der Waals surface area contributed by atoms with E-state index in [1.807, 2.05) is 54.3 Å². The smallest absolute Gasteiger partial charge is 0.238 e. The lowest BCUT2D eigenvalue weighted by Gasteiger charge is -2.26. The molecule has 1 fully saturated rings. The van der Waals surface area contributed by atoms with Gasteiger partial charge >= 0.3 is 0 Å². The molecular formula is C18H19NO3S. The van der Waals surface area contributed by atoms with E-state index < -0.39 is 0 Å². The number of anilines is 1. The number of amides is 1. The first-order valence-electron chi connectivity index (χ1n) is 7.37. The van der Waals surface area contributed by atoms with Crippen molar-refractivity contribution in [3.8, 4) is 11.5 Å². The van der Waals surface area contributed by atoms with Gasteiger partial charge in [-0.3, -0.25) is 9.69 Å². The molecule has 4 nitrogen and oxygen atoms in total. The van der Waals surface area contributed by atoms with Gasteiger partial charge in [0.15, 0.2) is 11.5 Å². The summed E-state index contributed by atoms with van der Waals surface area (Å²) in [7, 11) is 3.24. The lowest BCUT2D eigenvalue weighted by atomic mass is 10.1. The Morgan fingerprint density at radius 1 is 1.09 bits per heavy atom. The maximum atomic E-state index is 12.4. The lowest BCUT2D eigenvalue weighted by molar-refractivity contribution is -0.115. The topological polar surface area (TPSA) is 38.8 Å². The fourth-order valence-corrected chi connectivity index (χ4v) is 3.94. The summed E-state index contributed by atoms with van der Waals surface area (Å²) in [6.07, 6.45) is 0. The molecule has 1 atom stereocenters. The Morgan fingerprint density at radius 2 is 1.83 bits per heavy atom. The van der Waals surface area contributed by atoms with Crippen LogP contribution in [0.5, 0.6) is 11.5 Å². The third-order valence-corrected chi connectivity index (χ3v) is 5.07. The number of hydrogen-bond acceptors (Lipinski definition) is 4. The standard InChI is InChI=1S/C18H19NO3S/c1-12-7-9-13(10-8-12)19-16(20)11-23-18(19)14-5-4-6-15(21-2)17(14)22-3/h4-10,18H,11H2,1-3H3/t18-/m1/s1. The first-order valence-corrected chi connectivity index (χ1v) is 8.42. The number of carbonyl (C=O) groups excluding carboxylic acids is 1. The zero-order valence-corrected chi connectivity index (χ0v) is 14.2. The fraction of sp³-hybridized carbons (Fsp3) is 0.278. The Kier molecular flexibility index (Phi) is 4.48. The van der Waals surface area contributed by atoms with Gasteiger partial charge in [-0.1, -0.05) is 29.8 Å². The Morgan fingerprint density at radius 3 is 2.48 bits per heavy atom. The summed E-state index contributed by atoms with van der Waals surface area (Å²) in [5, 5.41) is -0.116. The third-order valence-electron chi connectivity index (χ3n) is 3.88. The highest BCUT2D eigenvalue weighted by molar-refractivity contribution is 8.00. The van der Waals surface area contributed by atoms with Gasteiger partial charge in [-0.05, 0) is 25.1 Å². The summed E-state index contributed by atoms with van der Waals surface area (Å²) in [4.78, 5) is 14.3. The molecule has 3 rings (SSSR count). The molecule has 0 aliphatic carbocycles. The van der Waals surface area contributed by atoms with Crippen LogP contribution in [-0.4, -0.2) is 25.9 Å². The van der Waals surface area contributed by atoms with Crippen LogP contribution < -0.4 is 14.4 Å². The van der Waals surface area contributed by atoms with Gasteiger partial charge < -0.3 is 9.47 Å². The van der Waals surface area contributed by atoms with Crippen LogP contribution in [0.2, 0.25) is 0 Å². The van der Waals surface area contributed by atoms with Crippen molar-refractivity contribution in [1.29, 1.82) is 0 Å². The number of thioether (sulfide) groups is 1. The summed E-state index contributed by atoms with van der Waals surface area (Å²) in [5.41, 5.74) is 3.02. The van der Waals surface area contributed by atoms with Crippen LogP contribution in [0.4, 0.5) is 5.69 Å². The lowest BCUT2D eigenvalue weighted by Crippen LogP contribution is -2.28. The SMILES string of the molecule is COc1cccc([C@H]2SCC(=O)N2c2ccc(C)cc2)c1OC. The molecule has 1 amide bonds. The molecule has 1 heterocycles. The van der Waals surface area contributed by atoms with E-state index >= 15 is 0 Å². The number of carbonyl (C=O) groups is 1. The maximum absolute atomic E-state index is 12.4. The second-order valence-corrected chi connectivity index (χ2v) is 6.41. The normalized spacial score (nSPS) is 17.4. The van der Waals surface area contributed by atoms with Crippen molar-refractivity contribution in [2.75, 3.05) is 24.9 Å². The number of hydrogen-bond donors (Lipinski definition) is 0. The maximum Gasteiger partial charge on any atom is 0.238 e. The summed E-state index contributed by atoms with van der Waals surface area (Å²) in [5.74, 6) is 1.92. The third kappa shape index (κ3) is 2.88. The number of methoxy groups -OCH3 is 2. The largest absolute Gasteiger partial charge is 0.493 e. The van der Waals surface area contributed by atoms with E-state index in [2.05, 4.69) is 0 Å². The minimum atomic E-state index is -0.116. The molecule has 0 radical (unpaired) electrons. The number of rotatable bonds is 4. The Hall–Kier alpha value is -2.14. The van der Waals surface area contributed by atoms with Crippen molar-refractivity contribution in [2.45, 2.75) is 12.3 Å². The molecule has 1 saturated heterocycles. The van der Waals surface area contributed by atoms with Crippen molar-refractivity contribution in [1.82, 2.24) is 0 Å². The Balaban J connectivity index is 2.05. The molecule has 1 aliphatic heterocycles. The van der Waals surface area contributed by atoms with Crippen LogP contribution in [0, 0.1) is 6.92 Å². The van der Waals surface area contributed by atoms with Crippen LogP contribution in [0.15, 0.2) is 42.5 Å². The minimum absolute atomic E-state index is 0.105. The summed E-state index contributed by atoms with van der Waals surface area (Å²) < 4.78 is 10.9. The van der Waals surface area contributed by atoms with E-state index in [9.17, 15) is 4.79 Å². The van der Waals surface area contributed by atoms with E-state index in [1.54, 1.807) is 26.0 Å². The van der Waals surface area contributed by atoms with Crippen molar-refractivity contribution in [3.05, 3.63) is 53.6 Å². The van der Waals surface area contributed by atoms with Crippen molar-refractivity contribution in [2.24, 2.45) is 0 Å². The zero-order chi connectivity index (χ0) is 16.4. The minimum Gasteiger partial charge on any atom is -0.493 e. The number of benzene rings is 2. The van der Waals surface area contributed by atoms with Crippen molar-refractivity contribution in [3.63, 3.8) is 0 Å².